The lowest BCUT2D eigenvalue weighted by atomic mass is 9.83. The van der Waals surface area contributed by atoms with E-state index < -0.39 is 0 Å². The van der Waals surface area contributed by atoms with Crippen molar-refractivity contribution in [2.45, 2.75) is 50.9 Å². The molecular formula is C15H18O4. The molecule has 0 bridgehead atoms. The second kappa shape index (κ2) is 4.04. The first-order valence-electron chi connectivity index (χ1n) is 6.70. The summed E-state index contributed by atoms with van der Waals surface area (Å²) < 4.78 is 11.1. The van der Waals surface area contributed by atoms with E-state index in [0.29, 0.717) is 5.57 Å². The number of hydrogen-bond acceptors (Lipinski definition) is 4. The maximum atomic E-state index is 12.1. The van der Waals surface area contributed by atoms with Crippen LogP contribution in [0.25, 0.3) is 0 Å². The van der Waals surface area contributed by atoms with Gasteiger partial charge in [-0.3, -0.25) is 4.79 Å². The van der Waals surface area contributed by atoms with Gasteiger partial charge in [0.15, 0.2) is 5.78 Å². The first-order valence-corrected chi connectivity index (χ1v) is 6.70. The summed E-state index contributed by atoms with van der Waals surface area (Å²) in [4.78, 5) is 23.8. The Morgan fingerprint density at radius 1 is 1.42 bits per heavy atom. The van der Waals surface area contributed by atoms with E-state index in [-0.39, 0.29) is 41.9 Å². The Bertz CT molecular complexity index is 504. The molecule has 2 fully saturated rings. The average molecular weight is 262 g/mol. The van der Waals surface area contributed by atoms with Gasteiger partial charge in [-0.15, -0.1) is 0 Å². The first-order chi connectivity index (χ1) is 8.92. The zero-order valence-electron chi connectivity index (χ0n) is 11.3. The molecule has 0 spiro atoms. The number of ketones is 1. The van der Waals surface area contributed by atoms with Crippen LogP contribution >= 0.6 is 0 Å². The van der Waals surface area contributed by atoms with E-state index in [1.807, 2.05) is 19.9 Å². The number of carbonyl (C=O) groups excluding carboxylic acids is 2. The van der Waals surface area contributed by atoms with Crippen LogP contribution in [0.3, 0.4) is 0 Å². The molecule has 0 amide bonds. The van der Waals surface area contributed by atoms with Crippen LogP contribution in [-0.4, -0.2) is 29.6 Å². The van der Waals surface area contributed by atoms with Gasteiger partial charge >= 0.3 is 5.97 Å². The predicted octanol–water partition coefficient (Wildman–Crippen LogP) is 1.94. The molecule has 4 heteroatoms. The highest BCUT2D eigenvalue weighted by atomic mass is 16.6. The van der Waals surface area contributed by atoms with Crippen LogP contribution in [0, 0.1) is 5.92 Å². The van der Waals surface area contributed by atoms with Crippen LogP contribution in [0.15, 0.2) is 23.8 Å². The fourth-order valence-corrected chi connectivity index (χ4v) is 3.06. The smallest absolute Gasteiger partial charge is 0.334 e. The molecule has 19 heavy (non-hydrogen) atoms. The quantitative estimate of drug-likeness (QED) is 0.380. The average Bonchev–Trinajstić information content (AvgIpc) is 2.95. The highest BCUT2D eigenvalue weighted by molar-refractivity contribution is 5.98. The Labute approximate surface area is 112 Å². The van der Waals surface area contributed by atoms with Crippen LogP contribution < -0.4 is 0 Å². The molecule has 2 aliphatic heterocycles. The van der Waals surface area contributed by atoms with Gasteiger partial charge in [0.2, 0.25) is 0 Å². The summed E-state index contributed by atoms with van der Waals surface area (Å²) in [5.74, 6) is -0.562. The number of esters is 1. The molecule has 3 rings (SSSR count). The van der Waals surface area contributed by atoms with Gasteiger partial charge in [0, 0.05) is 17.9 Å². The van der Waals surface area contributed by atoms with Gasteiger partial charge in [-0.1, -0.05) is 12.7 Å². The largest absolute Gasteiger partial charge is 0.455 e. The number of carbonyl (C=O) groups is 2. The van der Waals surface area contributed by atoms with E-state index in [2.05, 4.69) is 6.58 Å². The molecule has 4 atom stereocenters. The summed E-state index contributed by atoms with van der Waals surface area (Å²) >= 11 is 0. The second-order valence-corrected chi connectivity index (χ2v) is 5.91. The molecule has 0 aromatic heterocycles. The Kier molecular flexibility index (Phi) is 2.68. The first kappa shape index (κ1) is 12.6. The maximum absolute atomic E-state index is 12.1. The topological polar surface area (TPSA) is 55.9 Å². The lowest BCUT2D eigenvalue weighted by molar-refractivity contribution is -0.140. The monoisotopic (exact) mass is 262 g/mol. The minimum absolute atomic E-state index is 0.0682. The van der Waals surface area contributed by atoms with Gasteiger partial charge in [-0.25, -0.2) is 4.79 Å². The maximum Gasteiger partial charge on any atom is 0.334 e. The number of fused-ring (bicyclic) bond motifs is 3. The fourth-order valence-electron chi connectivity index (χ4n) is 3.06. The van der Waals surface area contributed by atoms with E-state index in [1.54, 1.807) is 0 Å². The van der Waals surface area contributed by atoms with Gasteiger partial charge in [0.05, 0.1) is 5.60 Å². The summed E-state index contributed by atoms with van der Waals surface area (Å²) in [6.07, 6.45) is 3.47. The number of Topliss-reactive ketones (excluding diaryl/α,β-unsaturated/α-hetero) is 1. The Hall–Kier alpha value is -1.42. The van der Waals surface area contributed by atoms with Gasteiger partial charge in [-0.2, -0.15) is 0 Å². The van der Waals surface area contributed by atoms with Crippen molar-refractivity contribution in [3.63, 3.8) is 0 Å². The number of allylic oxidation sites excluding steroid dienone is 2. The standard InChI is InChI=1S/C15H18O4/c1-8-5-4-6-15(3)13(19-15)12-10(7-11(8)16)9(2)14(17)18-12/h5,10,12-13H,2,4,6-7H2,1,3H3/b8-5-/t10-,12?,13-,15+/m0/s1. The summed E-state index contributed by atoms with van der Waals surface area (Å²) in [7, 11) is 0. The zero-order chi connectivity index (χ0) is 13.8. The number of ether oxygens (including phenoxy) is 2. The molecule has 4 nitrogen and oxygen atoms in total. The summed E-state index contributed by atoms with van der Waals surface area (Å²) in [5.41, 5.74) is 0.934. The van der Waals surface area contributed by atoms with Crippen molar-refractivity contribution in [1.29, 1.82) is 0 Å². The third-order valence-corrected chi connectivity index (χ3v) is 4.53. The van der Waals surface area contributed by atoms with Gasteiger partial charge < -0.3 is 9.47 Å². The molecule has 0 radical (unpaired) electrons. The summed E-state index contributed by atoms with van der Waals surface area (Å²) in [5, 5.41) is 0. The highest BCUT2D eigenvalue weighted by Crippen LogP contribution is 2.49. The molecule has 0 aromatic carbocycles. The summed E-state index contributed by atoms with van der Waals surface area (Å²) in [6.45, 7) is 7.64. The minimum atomic E-state index is -0.387. The Balaban J connectivity index is 1.93. The third kappa shape index (κ3) is 1.94. The number of rotatable bonds is 0. The Morgan fingerprint density at radius 3 is 2.89 bits per heavy atom. The van der Waals surface area contributed by atoms with E-state index in [1.165, 1.54) is 0 Å². The molecule has 0 saturated carbocycles. The van der Waals surface area contributed by atoms with Crippen molar-refractivity contribution in [2.75, 3.05) is 0 Å². The van der Waals surface area contributed by atoms with Crippen LogP contribution in [0.2, 0.25) is 0 Å². The van der Waals surface area contributed by atoms with E-state index >= 15 is 0 Å². The van der Waals surface area contributed by atoms with Crippen LogP contribution in [0.4, 0.5) is 0 Å². The number of hydrogen-bond donors (Lipinski definition) is 0. The molecule has 2 heterocycles. The van der Waals surface area contributed by atoms with Crippen molar-refractivity contribution < 1.29 is 19.1 Å². The summed E-state index contributed by atoms with van der Waals surface area (Å²) in [6, 6.07) is 0. The van der Waals surface area contributed by atoms with Gasteiger partial charge in [0.1, 0.15) is 12.2 Å². The molecule has 1 unspecified atom stereocenters. The minimum Gasteiger partial charge on any atom is -0.455 e. The highest BCUT2D eigenvalue weighted by Gasteiger charge is 2.61. The molecule has 1 aliphatic carbocycles. The molecule has 2 saturated heterocycles. The van der Waals surface area contributed by atoms with Crippen molar-refractivity contribution in [3.8, 4) is 0 Å². The second-order valence-electron chi connectivity index (χ2n) is 5.91. The fraction of sp³-hybridized carbons (Fsp3) is 0.600. The molecule has 0 aromatic rings. The van der Waals surface area contributed by atoms with Crippen molar-refractivity contribution in [2.24, 2.45) is 5.92 Å². The molecule has 0 N–H and O–H groups in total. The van der Waals surface area contributed by atoms with Crippen LogP contribution in [0.5, 0.6) is 0 Å². The van der Waals surface area contributed by atoms with Crippen molar-refractivity contribution >= 4 is 11.8 Å². The van der Waals surface area contributed by atoms with Crippen LogP contribution in [-0.2, 0) is 19.1 Å². The molecule has 3 aliphatic rings. The normalized spacial score (nSPS) is 44.8. The van der Waals surface area contributed by atoms with E-state index in [0.717, 1.165) is 18.4 Å². The third-order valence-electron chi connectivity index (χ3n) is 4.53. The van der Waals surface area contributed by atoms with Gasteiger partial charge in [0.25, 0.3) is 0 Å². The SMILES string of the molecule is C=C1C(=O)OC2[C@H]1CC(=O)/C(C)=C\CC[C@@]1(C)O[C@@H]21. The van der Waals surface area contributed by atoms with E-state index in [4.69, 9.17) is 9.47 Å². The molecule has 102 valence electrons. The lowest BCUT2D eigenvalue weighted by Crippen LogP contribution is -2.30. The van der Waals surface area contributed by atoms with Gasteiger partial charge in [-0.05, 0) is 32.3 Å². The zero-order valence-corrected chi connectivity index (χ0v) is 11.3. The van der Waals surface area contributed by atoms with Crippen molar-refractivity contribution in [3.05, 3.63) is 23.8 Å². The van der Waals surface area contributed by atoms with E-state index in [9.17, 15) is 9.59 Å². The predicted molar refractivity (Wildman–Crippen MR) is 68.4 cm³/mol. The molecular weight excluding hydrogens is 244 g/mol. The Morgan fingerprint density at radius 2 is 2.16 bits per heavy atom. The van der Waals surface area contributed by atoms with Crippen molar-refractivity contribution in [1.82, 2.24) is 0 Å². The number of epoxide rings is 1. The lowest BCUT2D eigenvalue weighted by Gasteiger charge is -2.18. The van der Waals surface area contributed by atoms with Crippen LogP contribution in [0.1, 0.15) is 33.1 Å².